The summed E-state index contributed by atoms with van der Waals surface area (Å²) in [4.78, 5) is 33.9. The molecule has 0 saturated carbocycles. The van der Waals surface area contributed by atoms with Crippen molar-refractivity contribution in [1.82, 2.24) is 4.98 Å². The van der Waals surface area contributed by atoms with Crippen LogP contribution in [0.15, 0.2) is 57.9 Å². The van der Waals surface area contributed by atoms with E-state index in [1.54, 1.807) is 11.1 Å². The molecule has 0 fully saturated rings. The summed E-state index contributed by atoms with van der Waals surface area (Å²) in [5.74, 6) is 1.28. The van der Waals surface area contributed by atoms with Crippen LogP contribution in [0.3, 0.4) is 0 Å². The molecular formula is C31H32N2O5. The zero-order valence-electron chi connectivity index (χ0n) is 22.5. The van der Waals surface area contributed by atoms with Crippen molar-refractivity contribution < 1.29 is 18.7 Å². The first-order valence-electron chi connectivity index (χ1n) is 13.1. The summed E-state index contributed by atoms with van der Waals surface area (Å²) >= 11 is 0. The highest BCUT2D eigenvalue weighted by atomic mass is 16.5. The minimum atomic E-state index is -0.738. The molecule has 1 unspecified atom stereocenters. The van der Waals surface area contributed by atoms with E-state index in [4.69, 9.17) is 13.9 Å². The van der Waals surface area contributed by atoms with E-state index in [0.717, 1.165) is 29.5 Å². The van der Waals surface area contributed by atoms with Crippen LogP contribution in [0.4, 0.5) is 5.82 Å². The summed E-state index contributed by atoms with van der Waals surface area (Å²) in [7, 11) is 0. The summed E-state index contributed by atoms with van der Waals surface area (Å²) in [6.45, 7) is 10.9. The number of ether oxygens (including phenoxy) is 2. The number of pyridine rings is 1. The number of nitrogens with zero attached hydrogens (tertiary/aromatic N) is 2. The number of fused-ring (bicyclic) bond motifs is 2. The van der Waals surface area contributed by atoms with E-state index in [9.17, 15) is 9.59 Å². The molecule has 1 amide bonds. The van der Waals surface area contributed by atoms with Crippen molar-refractivity contribution in [2.75, 3.05) is 18.1 Å². The summed E-state index contributed by atoms with van der Waals surface area (Å²) in [6.07, 6.45) is 3.61. The van der Waals surface area contributed by atoms with Gasteiger partial charge in [0, 0.05) is 6.20 Å². The van der Waals surface area contributed by atoms with E-state index < -0.39 is 11.9 Å². The van der Waals surface area contributed by atoms with Crippen LogP contribution in [0, 0.1) is 20.8 Å². The Bertz CT molecular complexity index is 1590. The maximum Gasteiger partial charge on any atom is 0.296 e. The molecule has 1 aliphatic rings. The molecule has 4 aromatic rings. The Balaban J connectivity index is 1.74. The highest BCUT2D eigenvalue weighted by molar-refractivity contribution is 6.10. The molecular weight excluding hydrogens is 480 g/mol. The number of amides is 1. The number of carbonyl (C=O) groups excluding carboxylic acids is 1. The van der Waals surface area contributed by atoms with Crippen LogP contribution in [-0.4, -0.2) is 24.1 Å². The number of unbranched alkanes of at least 4 members (excludes halogenated alkanes) is 1. The molecule has 0 N–H and O–H groups in total. The highest BCUT2D eigenvalue weighted by Gasteiger charge is 2.44. The lowest BCUT2D eigenvalue weighted by Crippen LogP contribution is -2.30. The van der Waals surface area contributed by atoms with Crippen LogP contribution in [0.5, 0.6) is 11.5 Å². The van der Waals surface area contributed by atoms with Gasteiger partial charge < -0.3 is 13.9 Å². The third kappa shape index (κ3) is 4.42. The first-order valence-corrected chi connectivity index (χ1v) is 13.1. The van der Waals surface area contributed by atoms with Gasteiger partial charge in [0.2, 0.25) is 5.76 Å². The highest BCUT2D eigenvalue weighted by Crippen LogP contribution is 2.43. The molecule has 0 radical (unpaired) electrons. The summed E-state index contributed by atoms with van der Waals surface area (Å²) in [5.41, 5.74) is 4.10. The van der Waals surface area contributed by atoms with Gasteiger partial charge in [-0.3, -0.25) is 14.5 Å². The topological polar surface area (TPSA) is 81.9 Å². The van der Waals surface area contributed by atoms with Gasteiger partial charge in [-0.25, -0.2) is 4.98 Å². The van der Waals surface area contributed by atoms with E-state index in [2.05, 4.69) is 11.9 Å². The van der Waals surface area contributed by atoms with Gasteiger partial charge in [-0.05, 0) is 92.8 Å². The predicted octanol–water partition coefficient (Wildman–Crippen LogP) is 6.44. The minimum absolute atomic E-state index is 0.0419. The fourth-order valence-electron chi connectivity index (χ4n) is 4.84. The van der Waals surface area contributed by atoms with Crippen molar-refractivity contribution in [3.8, 4) is 11.5 Å². The Hall–Kier alpha value is -4.13. The lowest BCUT2D eigenvalue weighted by atomic mass is 9.97. The van der Waals surface area contributed by atoms with Gasteiger partial charge in [0.1, 0.15) is 11.4 Å². The smallest absolute Gasteiger partial charge is 0.296 e. The lowest BCUT2D eigenvalue weighted by molar-refractivity contribution is 0.0970. The normalized spacial score (nSPS) is 14.7. The average molecular weight is 513 g/mol. The predicted molar refractivity (Wildman–Crippen MR) is 148 cm³/mol. The molecule has 0 aliphatic carbocycles. The van der Waals surface area contributed by atoms with Crippen molar-refractivity contribution in [1.29, 1.82) is 0 Å². The fraction of sp³-hybridized carbons (Fsp3) is 0.323. The quantitative estimate of drug-likeness (QED) is 0.253. The van der Waals surface area contributed by atoms with Crippen molar-refractivity contribution in [2.45, 2.75) is 53.5 Å². The Kier molecular flexibility index (Phi) is 6.93. The molecule has 5 rings (SSSR count). The van der Waals surface area contributed by atoms with Gasteiger partial charge in [0.05, 0.1) is 30.2 Å². The van der Waals surface area contributed by atoms with Gasteiger partial charge in [-0.2, -0.15) is 0 Å². The Morgan fingerprint density at radius 2 is 1.74 bits per heavy atom. The van der Waals surface area contributed by atoms with Crippen molar-refractivity contribution in [3.63, 3.8) is 0 Å². The third-order valence-corrected chi connectivity index (χ3v) is 6.97. The molecule has 3 heterocycles. The van der Waals surface area contributed by atoms with Gasteiger partial charge in [0.25, 0.3) is 5.91 Å². The molecule has 0 bridgehead atoms. The monoisotopic (exact) mass is 512 g/mol. The molecule has 2 aromatic heterocycles. The number of benzene rings is 2. The van der Waals surface area contributed by atoms with Crippen molar-refractivity contribution >= 4 is 22.7 Å². The molecule has 7 nitrogen and oxygen atoms in total. The number of aromatic nitrogens is 1. The molecule has 2 aromatic carbocycles. The lowest BCUT2D eigenvalue weighted by Gasteiger charge is -2.25. The second-order valence-corrected chi connectivity index (χ2v) is 9.72. The maximum absolute atomic E-state index is 14.0. The number of anilines is 1. The van der Waals surface area contributed by atoms with E-state index in [0.29, 0.717) is 52.6 Å². The largest absolute Gasteiger partial charge is 0.490 e. The molecule has 7 heteroatoms. The Morgan fingerprint density at radius 1 is 0.947 bits per heavy atom. The SMILES string of the molecule is CCCCOc1ccc(C2c3c(oc4cc(C)c(C)cc4c3=O)C(=O)N2c2cc(C)ccn2)cc1OCC. The first-order chi connectivity index (χ1) is 18.3. The van der Waals surface area contributed by atoms with Gasteiger partial charge >= 0.3 is 0 Å². The number of carbonyl (C=O) groups is 1. The average Bonchev–Trinajstić information content (AvgIpc) is 3.19. The summed E-state index contributed by atoms with van der Waals surface area (Å²) in [5, 5.41) is 0.452. The molecule has 0 spiro atoms. The molecule has 196 valence electrons. The Morgan fingerprint density at radius 3 is 2.47 bits per heavy atom. The number of rotatable bonds is 8. The molecule has 1 atom stereocenters. The zero-order valence-corrected chi connectivity index (χ0v) is 22.5. The molecule has 1 aliphatic heterocycles. The number of aryl methyl sites for hydroxylation is 3. The van der Waals surface area contributed by atoms with Crippen molar-refractivity contribution in [2.24, 2.45) is 0 Å². The van der Waals surface area contributed by atoms with Gasteiger partial charge in [-0.1, -0.05) is 19.4 Å². The van der Waals surface area contributed by atoms with Crippen LogP contribution in [0.1, 0.15) is 71.1 Å². The van der Waals surface area contributed by atoms with Crippen molar-refractivity contribution in [3.05, 3.63) is 92.5 Å². The fourth-order valence-corrected chi connectivity index (χ4v) is 4.84. The molecule has 38 heavy (non-hydrogen) atoms. The van der Waals surface area contributed by atoms with Crippen LogP contribution in [0.2, 0.25) is 0 Å². The van der Waals surface area contributed by atoms with Crippen LogP contribution < -0.4 is 19.8 Å². The van der Waals surface area contributed by atoms with Gasteiger partial charge in [0.15, 0.2) is 16.9 Å². The first kappa shape index (κ1) is 25.5. The second-order valence-electron chi connectivity index (χ2n) is 9.72. The standard InChI is InChI=1S/C31H32N2O5/c1-6-8-13-37-23-10-9-21(17-25(23)36-7-2)28-27-29(34)22-15-19(4)20(5)16-24(22)38-30(27)31(35)33(28)26-14-18(3)11-12-32-26/h9-12,14-17,28H,6-8,13H2,1-5H3. The van der Waals surface area contributed by atoms with E-state index in [1.165, 1.54) is 0 Å². The van der Waals surface area contributed by atoms with Crippen LogP contribution >= 0.6 is 0 Å². The van der Waals surface area contributed by atoms with Gasteiger partial charge in [-0.15, -0.1) is 0 Å². The number of hydrogen-bond acceptors (Lipinski definition) is 6. The third-order valence-electron chi connectivity index (χ3n) is 6.97. The minimum Gasteiger partial charge on any atom is -0.490 e. The zero-order chi connectivity index (χ0) is 27.0. The Labute approximate surface area is 222 Å². The second kappa shape index (κ2) is 10.3. The molecule has 0 saturated heterocycles. The van der Waals surface area contributed by atoms with E-state index in [1.807, 2.05) is 70.2 Å². The van der Waals surface area contributed by atoms with E-state index >= 15 is 0 Å². The van der Waals surface area contributed by atoms with Crippen LogP contribution in [0.25, 0.3) is 11.0 Å². The summed E-state index contributed by atoms with van der Waals surface area (Å²) in [6, 6.07) is 12.2. The number of hydrogen-bond donors (Lipinski definition) is 0. The van der Waals surface area contributed by atoms with Crippen LogP contribution in [-0.2, 0) is 0 Å². The van der Waals surface area contributed by atoms with E-state index in [-0.39, 0.29) is 11.2 Å². The summed E-state index contributed by atoms with van der Waals surface area (Å²) < 4.78 is 18.1. The maximum atomic E-state index is 14.0.